The van der Waals surface area contributed by atoms with Crippen molar-refractivity contribution < 1.29 is 4.74 Å². The second kappa shape index (κ2) is 4.01. The fourth-order valence-corrected chi connectivity index (χ4v) is 1.87. The molecule has 1 aromatic carbocycles. The Morgan fingerprint density at radius 3 is 3.14 bits per heavy atom. The van der Waals surface area contributed by atoms with E-state index in [1.165, 1.54) is 11.1 Å². The Labute approximate surface area is 85.1 Å². The zero-order valence-corrected chi connectivity index (χ0v) is 8.62. The minimum atomic E-state index is 0.357. The maximum Gasteiger partial charge on any atom is 0.123 e. The largest absolute Gasteiger partial charge is 0.490 e. The molecule has 2 N–H and O–H groups in total. The molecule has 0 saturated heterocycles. The summed E-state index contributed by atoms with van der Waals surface area (Å²) in [4.78, 5) is 0. The summed E-state index contributed by atoms with van der Waals surface area (Å²) in [5, 5.41) is 0. The lowest BCUT2D eigenvalue weighted by Crippen LogP contribution is -2.19. The number of rotatable bonds is 2. The molecule has 0 spiro atoms. The van der Waals surface area contributed by atoms with Crippen LogP contribution in [-0.2, 0) is 12.8 Å². The van der Waals surface area contributed by atoms with Crippen LogP contribution in [0.1, 0.15) is 24.5 Å². The van der Waals surface area contributed by atoms with Crippen molar-refractivity contribution in [3.63, 3.8) is 0 Å². The average Bonchev–Trinajstić information content (AvgIpc) is 2.17. The van der Waals surface area contributed by atoms with Crippen LogP contribution in [0.2, 0.25) is 0 Å². The van der Waals surface area contributed by atoms with Gasteiger partial charge in [0.05, 0.1) is 6.10 Å². The lowest BCUT2D eigenvalue weighted by atomic mass is 10.0. The summed E-state index contributed by atoms with van der Waals surface area (Å²) in [6.07, 6.45) is 3.56. The summed E-state index contributed by atoms with van der Waals surface area (Å²) < 4.78 is 5.78. The molecule has 0 aliphatic carbocycles. The highest BCUT2D eigenvalue weighted by molar-refractivity contribution is 5.39. The molecule has 2 rings (SSSR count). The first-order chi connectivity index (χ1) is 6.79. The van der Waals surface area contributed by atoms with E-state index in [0.717, 1.165) is 25.0 Å². The molecule has 0 aromatic heterocycles. The number of benzene rings is 1. The number of hydrogen-bond donors (Lipinski definition) is 1. The van der Waals surface area contributed by atoms with Gasteiger partial charge in [-0.2, -0.15) is 0 Å². The fourth-order valence-electron chi connectivity index (χ4n) is 1.87. The molecule has 1 atom stereocenters. The molecule has 0 radical (unpaired) electrons. The highest BCUT2D eigenvalue weighted by Crippen LogP contribution is 2.28. The Kier molecular flexibility index (Phi) is 2.73. The molecule has 1 heterocycles. The van der Waals surface area contributed by atoms with E-state index < -0.39 is 0 Å². The third-order valence-corrected chi connectivity index (χ3v) is 2.71. The van der Waals surface area contributed by atoms with Gasteiger partial charge in [-0.25, -0.2) is 0 Å². The zero-order valence-electron chi connectivity index (χ0n) is 8.62. The van der Waals surface area contributed by atoms with E-state index in [1.54, 1.807) is 0 Å². The lowest BCUT2D eigenvalue weighted by Gasteiger charge is -2.23. The maximum atomic E-state index is 5.78. The summed E-state index contributed by atoms with van der Waals surface area (Å²) in [7, 11) is 0. The second-order valence-electron chi connectivity index (χ2n) is 3.95. The second-order valence-corrected chi connectivity index (χ2v) is 3.95. The molecule has 0 bridgehead atoms. The van der Waals surface area contributed by atoms with Crippen LogP contribution in [0.25, 0.3) is 0 Å². The number of nitrogens with two attached hydrogens (primary N) is 1. The van der Waals surface area contributed by atoms with E-state index in [1.807, 2.05) is 0 Å². The van der Waals surface area contributed by atoms with Gasteiger partial charge in [-0.05, 0) is 49.9 Å². The summed E-state index contributed by atoms with van der Waals surface area (Å²) in [5.74, 6) is 1.06. The van der Waals surface area contributed by atoms with E-state index in [4.69, 9.17) is 10.5 Å². The number of fused-ring (bicyclic) bond motifs is 1. The van der Waals surface area contributed by atoms with Gasteiger partial charge in [0.2, 0.25) is 0 Å². The van der Waals surface area contributed by atoms with Crippen molar-refractivity contribution in [2.24, 2.45) is 5.73 Å². The van der Waals surface area contributed by atoms with Crippen LogP contribution in [0, 0.1) is 0 Å². The van der Waals surface area contributed by atoms with Gasteiger partial charge in [0.25, 0.3) is 0 Å². The zero-order chi connectivity index (χ0) is 9.97. The highest BCUT2D eigenvalue weighted by Gasteiger charge is 2.15. The molecule has 2 nitrogen and oxygen atoms in total. The monoisotopic (exact) mass is 191 g/mol. The van der Waals surface area contributed by atoms with Crippen molar-refractivity contribution in [3.05, 3.63) is 29.3 Å². The van der Waals surface area contributed by atoms with Crippen LogP contribution in [0.4, 0.5) is 0 Å². The third-order valence-electron chi connectivity index (χ3n) is 2.71. The normalized spacial score (nSPS) is 20.0. The van der Waals surface area contributed by atoms with Crippen LogP contribution in [-0.4, -0.2) is 12.6 Å². The van der Waals surface area contributed by atoms with Gasteiger partial charge in [0, 0.05) is 0 Å². The molecule has 14 heavy (non-hydrogen) atoms. The number of hydrogen-bond acceptors (Lipinski definition) is 2. The van der Waals surface area contributed by atoms with Gasteiger partial charge in [-0.3, -0.25) is 0 Å². The predicted molar refractivity (Wildman–Crippen MR) is 57.6 cm³/mol. The molecular formula is C12H17NO. The molecular weight excluding hydrogens is 174 g/mol. The molecule has 1 aromatic rings. The van der Waals surface area contributed by atoms with Gasteiger partial charge >= 0.3 is 0 Å². The topological polar surface area (TPSA) is 35.2 Å². The van der Waals surface area contributed by atoms with Crippen LogP contribution in [0.15, 0.2) is 18.2 Å². The Morgan fingerprint density at radius 2 is 2.36 bits per heavy atom. The first-order valence-corrected chi connectivity index (χ1v) is 5.28. The van der Waals surface area contributed by atoms with E-state index in [-0.39, 0.29) is 0 Å². The van der Waals surface area contributed by atoms with Crippen molar-refractivity contribution in [1.82, 2.24) is 0 Å². The summed E-state index contributed by atoms with van der Waals surface area (Å²) >= 11 is 0. The van der Waals surface area contributed by atoms with E-state index in [9.17, 15) is 0 Å². The summed E-state index contributed by atoms with van der Waals surface area (Å²) in [5.41, 5.74) is 8.14. The van der Waals surface area contributed by atoms with Gasteiger partial charge < -0.3 is 10.5 Å². The van der Waals surface area contributed by atoms with Gasteiger partial charge in [0.15, 0.2) is 0 Å². The van der Waals surface area contributed by atoms with Crippen LogP contribution in [0.5, 0.6) is 5.75 Å². The third kappa shape index (κ3) is 1.90. The number of aryl methyl sites for hydroxylation is 1. The molecule has 1 aliphatic rings. The molecule has 0 amide bonds. The van der Waals surface area contributed by atoms with Crippen LogP contribution < -0.4 is 10.5 Å². The molecule has 76 valence electrons. The van der Waals surface area contributed by atoms with Crippen LogP contribution >= 0.6 is 0 Å². The first kappa shape index (κ1) is 9.53. The van der Waals surface area contributed by atoms with Gasteiger partial charge in [-0.15, -0.1) is 0 Å². The molecule has 1 unspecified atom stereocenters. The van der Waals surface area contributed by atoms with Crippen molar-refractivity contribution in [3.8, 4) is 5.75 Å². The van der Waals surface area contributed by atoms with Gasteiger partial charge in [0.1, 0.15) is 5.75 Å². The minimum Gasteiger partial charge on any atom is -0.490 e. The van der Waals surface area contributed by atoms with Gasteiger partial charge in [-0.1, -0.05) is 12.1 Å². The van der Waals surface area contributed by atoms with Crippen LogP contribution in [0.3, 0.4) is 0 Å². The Balaban J connectivity index is 2.24. The van der Waals surface area contributed by atoms with E-state index >= 15 is 0 Å². The van der Waals surface area contributed by atoms with Crippen molar-refractivity contribution in [2.45, 2.75) is 32.3 Å². The Bertz CT molecular complexity index is 322. The highest BCUT2D eigenvalue weighted by atomic mass is 16.5. The standard InChI is InChI=1S/C12H17NO/c1-9-2-4-11-5-3-10(6-7-13)8-12(11)14-9/h3,5,8-9H,2,4,6-7,13H2,1H3. The van der Waals surface area contributed by atoms with E-state index in [2.05, 4.69) is 25.1 Å². The predicted octanol–water partition coefficient (Wildman–Crippen LogP) is 1.90. The first-order valence-electron chi connectivity index (χ1n) is 5.28. The number of ether oxygens (including phenoxy) is 1. The summed E-state index contributed by atoms with van der Waals surface area (Å²) in [6.45, 7) is 2.83. The fraction of sp³-hybridized carbons (Fsp3) is 0.500. The molecule has 0 fully saturated rings. The average molecular weight is 191 g/mol. The molecule has 2 heteroatoms. The van der Waals surface area contributed by atoms with Crippen molar-refractivity contribution in [1.29, 1.82) is 0 Å². The SMILES string of the molecule is CC1CCc2ccc(CCN)cc2O1. The quantitative estimate of drug-likeness (QED) is 0.775. The smallest absolute Gasteiger partial charge is 0.123 e. The van der Waals surface area contributed by atoms with Crippen molar-refractivity contribution >= 4 is 0 Å². The molecule has 0 saturated carbocycles. The minimum absolute atomic E-state index is 0.357. The van der Waals surface area contributed by atoms with Crippen molar-refractivity contribution in [2.75, 3.05) is 6.54 Å². The Hall–Kier alpha value is -1.02. The summed E-state index contributed by atoms with van der Waals surface area (Å²) in [6, 6.07) is 6.47. The van der Waals surface area contributed by atoms with E-state index in [0.29, 0.717) is 12.6 Å². The maximum absolute atomic E-state index is 5.78. The lowest BCUT2D eigenvalue weighted by molar-refractivity contribution is 0.192. The Morgan fingerprint density at radius 1 is 1.50 bits per heavy atom. The molecule has 1 aliphatic heterocycles.